The third kappa shape index (κ3) is 1.51. The average Bonchev–Trinajstić information content (AvgIpc) is 2.21. The van der Waals surface area contributed by atoms with Crippen molar-refractivity contribution in [3.63, 3.8) is 0 Å². The topological polar surface area (TPSA) is 20.2 Å². The Morgan fingerprint density at radius 1 is 1.07 bits per heavy atom. The van der Waals surface area contributed by atoms with Gasteiger partial charge < -0.3 is 5.11 Å². The van der Waals surface area contributed by atoms with Crippen molar-refractivity contribution in [1.82, 2.24) is 0 Å². The smallest absolute Gasteiger partial charge is 0.0603 e. The molecule has 1 aromatic rings. The van der Waals surface area contributed by atoms with E-state index in [2.05, 4.69) is 54.0 Å². The van der Waals surface area contributed by atoms with Gasteiger partial charge in [0.15, 0.2) is 0 Å². The molecule has 14 heavy (non-hydrogen) atoms. The summed E-state index contributed by atoms with van der Waals surface area (Å²) in [7, 11) is 0. The standard InChI is InChI=1S/C12H15BrO/c1-7-11(8(2)12(7)14)9-3-5-10(13)6-4-9/h3-8,11-12,14H,1-2H3. The van der Waals surface area contributed by atoms with Gasteiger partial charge in [0.1, 0.15) is 0 Å². The maximum atomic E-state index is 9.66. The van der Waals surface area contributed by atoms with Crippen molar-refractivity contribution in [3.05, 3.63) is 34.3 Å². The van der Waals surface area contributed by atoms with Crippen LogP contribution < -0.4 is 0 Å². The van der Waals surface area contributed by atoms with Crippen LogP contribution in [0.2, 0.25) is 0 Å². The minimum absolute atomic E-state index is 0.122. The molecule has 1 aromatic carbocycles. The Bertz CT molecular complexity index is 310. The molecule has 0 spiro atoms. The second-order valence-electron chi connectivity index (χ2n) is 4.29. The van der Waals surface area contributed by atoms with Crippen molar-refractivity contribution in [2.45, 2.75) is 25.9 Å². The Kier molecular flexibility index (Phi) is 2.67. The van der Waals surface area contributed by atoms with E-state index in [1.807, 2.05) is 0 Å². The first-order valence-electron chi connectivity index (χ1n) is 5.05. The lowest BCUT2D eigenvalue weighted by atomic mass is 9.61. The quantitative estimate of drug-likeness (QED) is 0.817. The number of aliphatic hydroxyl groups is 1. The predicted octanol–water partition coefficient (Wildman–Crippen LogP) is 3.18. The van der Waals surface area contributed by atoms with E-state index in [0.29, 0.717) is 17.8 Å². The summed E-state index contributed by atoms with van der Waals surface area (Å²) in [5, 5.41) is 9.66. The fraction of sp³-hybridized carbons (Fsp3) is 0.500. The molecule has 1 aliphatic carbocycles. The molecule has 0 aromatic heterocycles. The highest BCUT2D eigenvalue weighted by atomic mass is 79.9. The molecule has 0 radical (unpaired) electrons. The highest BCUT2D eigenvalue weighted by molar-refractivity contribution is 9.10. The van der Waals surface area contributed by atoms with Crippen LogP contribution in [-0.2, 0) is 0 Å². The van der Waals surface area contributed by atoms with Crippen LogP contribution >= 0.6 is 15.9 Å². The molecule has 2 rings (SSSR count). The first-order chi connectivity index (χ1) is 6.61. The van der Waals surface area contributed by atoms with Crippen LogP contribution in [0.3, 0.4) is 0 Å². The van der Waals surface area contributed by atoms with Crippen LogP contribution in [0, 0.1) is 11.8 Å². The summed E-state index contributed by atoms with van der Waals surface area (Å²) in [5.74, 6) is 1.32. The molecule has 2 heteroatoms. The maximum Gasteiger partial charge on any atom is 0.0603 e. The normalized spacial score (nSPS) is 36.6. The van der Waals surface area contributed by atoms with Crippen molar-refractivity contribution in [2.24, 2.45) is 11.8 Å². The second kappa shape index (κ2) is 3.67. The lowest BCUT2D eigenvalue weighted by Gasteiger charge is -2.46. The molecule has 0 amide bonds. The fourth-order valence-corrected chi connectivity index (χ4v) is 2.79. The van der Waals surface area contributed by atoms with Gasteiger partial charge in [-0.3, -0.25) is 0 Å². The zero-order chi connectivity index (χ0) is 10.3. The monoisotopic (exact) mass is 254 g/mol. The molecule has 0 heterocycles. The summed E-state index contributed by atoms with van der Waals surface area (Å²) < 4.78 is 1.11. The molecule has 0 aliphatic heterocycles. The Morgan fingerprint density at radius 2 is 1.57 bits per heavy atom. The lowest BCUT2D eigenvalue weighted by Crippen LogP contribution is -2.46. The van der Waals surface area contributed by atoms with Gasteiger partial charge in [-0.1, -0.05) is 41.9 Å². The summed E-state index contributed by atoms with van der Waals surface area (Å²) in [4.78, 5) is 0. The molecule has 2 atom stereocenters. The summed E-state index contributed by atoms with van der Waals surface area (Å²) in [6.07, 6.45) is -0.122. The Hall–Kier alpha value is -0.340. The van der Waals surface area contributed by atoms with Crippen LogP contribution in [0.5, 0.6) is 0 Å². The van der Waals surface area contributed by atoms with Gasteiger partial charge in [0.05, 0.1) is 6.10 Å². The van der Waals surface area contributed by atoms with Crippen LogP contribution in [-0.4, -0.2) is 11.2 Å². The van der Waals surface area contributed by atoms with Crippen molar-refractivity contribution >= 4 is 15.9 Å². The number of hydrogen-bond donors (Lipinski definition) is 1. The third-order valence-electron chi connectivity index (χ3n) is 3.47. The maximum absolute atomic E-state index is 9.66. The van der Waals surface area contributed by atoms with E-state index in [1.165, 1.54) is 5.56 Å². The van der Waals surface area contributed by atoms with E-state index in [9.17, 15) is 5.11 Å². The molecule has 1 saturated carbocycles. The molecule has 0 saturated heterocycles. The van der Waals surface area contributed by atoms with Gasteiger partial charge in [-0.15, -0.1) is 0 Å². The van der Waals surface area contributed by atoms with E-state index in [4.69, 9.17) is 0 Å². The molecule has 2 unspecified atom stereocenters. The fourth-order valence-electron chi connectivity index (χ4n) is 2.53. The number of rotatable bonds is 1. The van der Waals surface area contributed by atoms with Crippen LogP contribution in [0.1, 0.15) is 25.3 Å². The number of aliphatic hydroxyl groups excluding tert-OH is 1. The zero-order valence-corrected chi connectivity index (χ0v) is 10.0. The molecule has 76 valence electrons. The van der Waals surface area contributed by atoms with Crippen molar-refractivity contribution in [1.29, 1.82) is 0 Å². The van der Waals surface area contributed by atoms with Gasteiger partial charge in [-0.2, -0.15) is 0 Å². The van der Waals surface area contributed by atoms with E-state index >= 15 is 0 Å². The Morgan fingerprint density at radius 3 is 2.07 bits per heavy atom. The summed E-state index contributed by atoms with van der Waals surface area (Å²) in [6.45, 7) is 4.24. The lowest BCUT2D eigenvalue weighted by molar-refractivity contribution is -0.0474. The van der Waals surface area contributed by atoms with Crippen LogP contribution in [0.4, 0.5) is 0 Å². The zero-order valence-electron chi connectivity index (χ0n) is 8.44. The highest BCUT2D eigenvalue weighted by Crippen LogP contribution is 2.47. The highest BCUT2D eigenvalue weighted by Gasteiger charge is 2.44. The molecule has 0 bridgehead atoms. The van der Waals surface area contributed by atoms with Gasteiger partial charge in [0.2, 0.25) is 0 Å². The van der Waals surface area contributed by atoms with E-state index in [1.54, 1.807) is 0 Å². The van der Waals surface area contributed by atoms with E-state index < -0.39 is 0 Å². The van der Waals surface area contributed by atoms with Gasteiger partial charge >= 0.3 is 0 Å². The van der Waals surface area contributed by atoms with Crippen molar-refractivity contribution in [3.8, 4) is 0 Å². The predicted molar refractivity (Wildman–Crippen MR) is 61.2 cm³/mol. The van der Waals surface area contributed by atoms with Gasteiger partial charge in [0, 0.05) is 4.47 Å². The largest absolute Gasteiger partial charge is 0.393 e. The SMILES string of the molecule is CC1C(O)C(C)C1c1ccc(Br)cc1. The molecule has 1 N–H and O–H groups in total. The van der Waals surface area contributed by atoms with E-state index in [-0.39, 0.29) is 6.10 Å². The van der Waals surface area contributed by atoms with Gasteiger partial charge in [0.25, 0.3) is 0 Å². The minimum atomic E-state index is -0.122. The van der Waals surface area contributed by atoms with E-state index in [0.717, 1.165) is 4.47 Å². The number of benzene rings is 1. The molecular formula is C12H15BrO. The van der Waals surface area contributed by atoms with Gasteiger partial charge in [-0.05, 0) is 35.4 Å². The first-order valence-corrected chi connectivity index (χ1v) is 5.84. The Balaban J connectivity index is 2.20. The van der Waals surface area contributed by atoms with Gasteiger partial charge in [-0.25, -0.2) is 0 Å². The molecule has 1 aliphatic rings. The minimum Gasteiger partial charge on any atom is -0.393 e. The van der Waals surface area contributed by atoms with Crippen molar-refractivity contribution in [2.75, 3.05) is 0 Å². The average molecular weight is 255 g/mol. The number of hydrogen-bond acceptors (Lipinski definition) is 1. The van der Waals surface area contributed by atoms with Crippen molar-refractivity contribution < 1.29 is 5.11 Å². The molecular weight excluding hydrogens is 240 g/mol. The second-order valence-corrected chi connectivity index (χ2v) is 5.20. The summed E-state index contributed by atoms with van der Waals surface area (Å²) in [6, 6.07) is 8.43. The molecule has 1 nitrogen and oxygen atoms in total. The Labute approximate surface area is 93.3 Å². The third-order valence-corrected chi connectivity index (χ3v) is 3.99. The van der Waals surface area contributed by atoms with Crippen LogP contribution in [0.15, 0.2) is 28.7 Å². The van der Waals surface area contributed by atoms with Crippen LogP contribution in [0.25, 0.3) is 0 Å². The summed E-state index contributed by atoms with van der Waals surface area (Å²) >= 11 is 3.43. The summed E-state index contributed by atoms with van der Waals surface area (Å²) in [5.41, 5.74) is 1.35. The number of halogens is 1. The first kappa shape index (κ1) is 10.2. The molecule has 1 fully saturated rings.